The van der Waals surface area contributed by atoms with Crippen molar-refractivity contribution >= 4 is 56.1 Å². The molecule has 5 nitrogen and oxygen atoms in total. The maximum atomic E-state index is 14.7. The van der Waals surface area contributed by atoms with E-state index in [-0.39, 0.29) is 52.2 Å². The predicted molar refractivity (Wildman–Crippen MR) is 144 cm³/mol. The molecule has 0 aliphatic carbocycles. The minimum atomic E-state index is -2.13. The van der Waals surface area contributed by atoms with Gasteiger partial charge in [0.25, 0.3) is 0 Å². The van der Waals surface area contributed by atoms with Crippen molar-refractivity contribution in [2.75, 3.05) is 13.2 Å². The molecule has 2 heterocycles. The van der Waals surface area contributed by atoms with Gasteiger partial charge in [-0.2, -0.15) is 0 Å². The number of fused-ring (bicyclic) bond motifs is 1. The molecule has 1 aliphatic rings. The zero-order valence-electron chi connectivity index (χ0n) is 20.3. The van der Waals surface area contributed by atoms with Crippen LogP contribution in [0.15, 0.2) is 54.6 Å². The topological polar surface area (TPSA) is 71.7 Å². The molecule has 5 rings (SSSR count). The molecule has 0 atom stereocenters. The van der Waals surface area contributed by atoms with Crippen LogP contribution in [0.4, 0.5) is 13.2 Å². The first-order valence-corrected chi connectivity index (χ1v) is 11.6. The number of halogens is 3. The average molecular weight is 516 g/mol. The molecular formula is C26H15B5F3NO4. The lowest BCUT2D eigenvalue weighted by Crippen LogP contribution is -2.60. The molecule has 1 aromatic heterocycles. The van der Waals surface area contributed by atoms with Crippen LogP contribution in [0.25, 0.3) is 27.7 Å². The second-order valence-corrected chi connectivity index (χ2v) is 9.74. The molecule has 39 heavy (non-hydrogen) atoms. The minimum absolute atomic E-state index is 0.0159. The monoisotopic (exact) mass is 517 g/mol. The Bertz CT molecular complexity index is 1620. The lowest BCUT2D eigenvalue weighted by atomic mass is 9.21. The van der Waals surface area contributed by atoms with Gasteiger partial charge in [-0.25, -0.2) is 18.0 Å². The molecule has 184 valence electrons. The summed E-state index contributed by atoms with van der Waals surface area (Å²) in [5, 5.41) is 14.3. The summed E-state index contributed by atoms with van der Waals surface area (Å²) in [5.74, 6) is -4.98. The van der Waals surface area contributed by atoms with E-state index < -0.39 is 44.9 Å². The zero-order valence-corrected chi connectivity index (χ0v) is 20.3. The molecule has 2 N–H and O–H groups in total. The number of aromatic carboxylic acids is 1. The van der Waals surface area contributed by atoms with Gasteiger partial charge in [-0.15, -0.1) is 0 Å². The van der Waals surface area contributed by atoms with Crippen LogP contribution in [-0.4, -0.2) is 73.2 Å². The van der Waals surface area contributed by atoms with E-state index in [1.165, 1.54) is 34.9 Å². The number of carboxylic acid groups (broad SMARTS) is 1. The van der Waals surface area contributed by atoms with E-state index in [9.17, 15) is 28.2 Å². The Balaban J connectivity index is 2.03. The molecule has 0 spiro atoms. The van der Waals surface area contributed by atoms with Crippen LogP contribution in [0.2, 0.25) is 10.4 Å². The van der Waals surface area contributed by atoms with Crippen LogP contribution in [0, 0.1) is 17.5 Å². The number of rotatable bonds is 4. The molecule has 1 fully saturated rings. The van der Waals surface area contributed by atoms with Crippen LogP contribution < -0.4 is 0 Å². The quantitative estimate of drug-likeness (QED) is 0.408. The molecule has 10 radical (unpaired) electrons. The molecule has 4 aromatic rings. The summed E-state index contributed by atoms with van der Waals surface area (Å²) >= 11 is 0. The summed E-state index contributed by atoms with van der Waals surface area (Å²) in [5.41, 5.74) is 0.183. The van der Waals surface area contributed by atoms with Crippen molar-refractivity contribution in [2.24, 2.45) is 0 Å². The zero-order chi connectivity index (χ0) is 28.5. The van der Waals surface area contributed by atoms with Crippen molar-refractivity contribution in [1.82, 2.24) is 4.57 Å². The number of carbonyl (C=O) groups is 1. The first-order valence-electron chi connectivity index (χ1n) is 11.6. The van der Waals surface area contributed by atoms with Gasteiger partial charge in [0.2, 0.25) is 0 Å². The first-order chi connectivity index (χ1) is 18.2. The SMILES string of the molecule is [B]C1([B])COCC([B])([B])C1([B])c1c(-c2ccc(C(=O)O)cc2)c2c(O)cc(F)cc2n1-c1ccc(F)c(F)c1. The number of aromatic nitrogens is 1. The number of aromatic hydroxyl groups is 1. The molecule has 0 amide bonds. The molecule has 1 aliphatic heterocycles. The summed E-state index contributed by atoms with van der Waals surface area (Å²) in [7, 11) is 32.9. The third-order valence-electron chi connectivity index (χ3n) is 7.12. The Hall–Kier alpha value is -3.46. The van der Waals surface area contributed by atoms with Crippen molar-refractivity contribution in [3.63, 3.8) is 0 Å². The van der Waals surface area contributed by atoms with Crippen molar-refractivity contribution in [3.05, 3.63) is 83.3 Å². The van der Waals surface area contributed by atoms with Crippen LogP contribution in [0.3, 0.4) is 0 Å². The molecule has 3 aromatic carbocycles. The minimum Gasteiger partial charge on any atom is -0.507 e. The summed E-state index contributed by atoms with van der Waals surface area (Å²) in [4.78, 5) is 11.5. The molecule has 1 saturated heterocycles. The van der Waals surface area contributed by atoms with Gasteiger partial charge in [-0.05, 0) is 41.2 Å². The van der Waals surface area contributed by atoms with E-state index in [0.29, 0.717) is 0 Å². The highest BCUT2D eigenvalue weighted by atomic mass is 19.2. The fourth-order valence-corrected chi connectivity index (χ4v) is 5.18. The standard InChI is InChI=1S/C26H15B5F3NO4/c27-24(28)10-39-11-25(29,30)26(24,31)22-20(12-1-3-13(4-2-12)23(37)38)21-18(7-14(32)8-19(21)36)35(22)15-5-6-16(33)17(34)9-15/h1-9,36H,10-11H2,(H,37,38). The maximum Gasteiger partial charge on any atom is 0.335 e. The Morgan fingerprint density at radius 2 is 1.49 bits per heavy atom. The number of hydrogen-bond donors (Lipinski definition) is 2. The van der Waals surface area contributed by atoms with Gasteiger partial charge in [0, 0.05) is 42.3 Å². The van der Waals surface area contributed by atoms with Crippen LogP contribution in [0.5, 0.6) is 5.75 Å². The van der Waals surface area contributed by atoms with Crippen molar-refractivity contribution in [2.45, 2.75) is 15.7 Å². The summed E-state index contributed by atoms with van der Waals surface area (Å²) in [6, 6.07) is 10.2. The van der Waals surface area contributed by atoms with E-state index in [1.54, 1.807) is 0 Å². The van der Waals surface area contributed by atoms with Crippen LogP contribution >= 0.6 is 0 Å². The molecule has 0 unspecified atom stereocenters. The Morgan fingerprint density at radius 1 is 0.872 bits per heavy atom. The van der Waals surface area contributed by atoms with Crippen molar-refractivity contribution < 1.29 is 32.9 Å². The Morgan fingerprint density at radius 3 is 2.05 bits per heavy atom. The fraction of sp³-hybridized carbons (Fsp3) is 0.192. The van der Waals surface area contributed by atoms with Gasteiger partial charge in [0.1, 0.15) is 11.6 Å². The lowest BCUT2D eigenvalue weighted by Gasteiger charge is -2.60. The van der Waals surface area contributed by atoms with E-state index in [1.807, 2.05) is 0 Å². The fourth-order valence-electron chi connectivity index (χ4n) is 5.18. The second-order valence-electron chi connectivity index (χ2n) is 9.74. The summed E-state index contributed by atoms with van der Waals surface area (Å²) in [6.45, 7) is -0.673. The van der Waals surface area contributed by atoms with E-state index in [2.05, 4.69) is 0 Å². The van der Waals surface area contributed by atoms with E-state index in [0.717, 1.165) is 24.3 Å². The average Bonchev–Trinajstić information content (AvgIpc) is 3.19. The van der Waals surface area contributed by atoms with E-state index >= 15 is 0 Å². The number of phenols is 1. The van der Waals surface area contributed by atoms with E-state index in [4.69, 9.17) is 44.0 Å². The summed E-state index contributed by atoms with van der Waals surface area (Å²) < 4.78 is 49.9. The maximum absolute atomic E-state index is 14.7. The first kappa shape index (κ1) is 27.1. The largest absolute Gasteiger partial charge is 0.507 e. The van der Waals surface area contributed by atoms with Crippen LogP contribution in [0.1, 0.15) is 16.1 Å². The number of hydrogen-bond acceptors (Lipinski definition) is 3. The Kier molecular flexibility index (Phi) is 6.29. The van der Waals surface area contributed by atoms with Gasteiger partial charge in [-0.3, -0.25) is 0 Å². The third-order valence-corrected chi connectivity index (χ3v) is 7.12. The number of benzene rings is 3. The third kappa shape index (κ3) is 4.01. The van der Waals surface area contributed by atoms with Gasteiger partial charge in [-0.1, -0.05) is 22.6 Å². The number of phenolic OH excluding ortho intramolecular Hbond substituents is 1. The van der Waals surface area contributed by atoms with Crippen molar-refractivity contribution in [1.29, 1.82) is 0 Å². The summed E-state index contributed by atoms with van der Waals surface area (Å²) in [6.07, 6.45) is 0. The lowest BCUT2D eigenvalue weighted by molar-refractivity contribution is 0.0503. The molecule has 0 saturated carbocycles. The molecule has 13 heteroatoms. The van der Waals surface area contributed by atoms with Crippen LogP contribution in [-0.2, 0) is 10.1 Å². The van der Waals surface area contributed by atoms with Gasteiger partial charge >= 0.3 is 5.97 Å². The molecule has 0 bridgehead atoms. The Labute approximate surface area is 228 Å². The smallest absolute Gasteiger partial charge is 0.335 e. The highest BCUT2D eigenvalue weighted by Crippen LogP contribution is 2.60. The van der Waals surface area contributed by atoms with Gasteiger partial charge in [0.05, 0.1) is 55.7 Å². The molecular weight excluding hydrogens is 501 g/mol. The number of carboxylic acids is 1. The highest BCUT2D eigenvalue weighted by Gasteiger charge is 2.55. The predicted octanol–water partition coefficient (Wildman–Crippen LogP) is 3.42. The number of nitrogens with zero attached hydrogens (tertiary/aromatic N) is 1. The van der Waals surface area contributed by atoms with Gasteiger partial charge < -0.3 is 19.5 Å². The van der Waals surface area contributed by atoms with Crippen molar-refractivity contribution in [3.8, 4) is 22.6 Å². The number of ether oxygens (including phenoxy) is 1. The second kappa shape index (κ2) is 9.05. The highest BCUT2D eigenvalue weighted by molar-refractivity contribution is 6.53. The van der Waals surface area contributed by atoms with Gasteiger partial charge in [0.15, 0.2) is 11.6 Å². The normalized spacial score (nSPS) is 17.7.